The summed E-state index contributed by atoms with van der Waals surface area (Å²) in [6.07, 6.45) is 8.49. The van der Waals surface area contributed by atoms with Gasteiger partial charge in [0.25, 0.3) is 5.91 Å². The van der Waals surface area contributed by atoms with Crippen molar-refractivity contribution in [2.24, 2.45) is 23.2 Å². The molecule has 5 aliphatic rings. The smallest absolute Gasteiger partial charge is 0.312 e. The van der Waals surface area contributed by atoms with Gasteiger partial charge < -0.3 is 19.1 Å². The van der Waals surface area contributed by atoms with Gasteiger partial charge in [0.15, 0.2) is 6.61 Å². The van der Waals surface area contributed by atoms with Crippen molar-refractivity contribution in [2.75, 3.05) is 27.4 Å². The minimum Gasteiger partial charge on any atom is -0.497 e. The maximum Gasteiger partial charge on any atom is 0.312 e. The first-order chi connectivity index (χ1) is 15.0. The number of methoxy groups -OCH3 is 2. The van der Waals surface area contributed by atoms with Crippen molar-refractivity contribution in [3.63, 3.8) is 0 Å². The molecule has 6 nitrogen and oxygen atoms in total. The van der Waals surface area contributed by atoms with E-state index in [9.17, 15) is 9.59 Å². The maximum atomic E-state index is 13.1. The summed E-state index contributed by atoms with van der Waals surface area (Å²) in [4.78, 5) is 28.1. The summed E-state index contributed by atoms with van der Waals surface area (Å²) < 4.78 is 16.6. The normalized spacial score (nSPS) is 33.4. The highest BCUT2D eigenvalue weighted by molar-refractivity contribution is 5.83. The summed E-state index contributed by atoms with van der Waals surface area (Å²) in [5, 5.41) is 0. The molecule has 1 aliphatic heterocycles. The number of nitrogens with zero attached hydrogens (tertiary/aromatic N) is 1. The first-order valence-corrected chi connectivity index (χ1v) is 11.7. The largest absolute Gasteiger partial charge is 0.497 e. The lowest BCUT2D eigenvalue weighted by Gasteiger charge is -2.55. The molecule has 4 bridgehead atoms. The van der Waals surface area contributed by atoms with E-state index in [2.05, 4.69) is 0 Å². The number of likely N-dealkylation sites (tertiary alicyclic amines) is 1. The minimum absolute atomic E-state index is 0.0872. The number of esters is 1. The lowest BCUT2D eigenvalue weighted by atomic mass is 9.49. The Bertz CT molecular complexity index is 830. The van der Waals surface area contributed by atoms with Crippen LogP contribution in [0.5, 0.6) is 11.5 Å². The number of hydrogen-bond donors (Lipinski definition) is 0. The van der Waals surface area contributed by atoms with Gasteiger partial charge in [-0.2, -0.15) is 0 Å². The quantitative estimate of drug-likeness (QED) is 0.639. The molecule has 0 radical (unpaired) electrons. The van der Waals surface area contributed by atoms with Gasteiger partial charge in [0, 0.05) is 12.1 Å². The molecular formula is C25H33NO5. The van der Waals surface area contributed by atoms with Gasteiger partial charge in [-0.25, -0.2) is 0 Å². The third kappa shape index (κ3) is 3.68. The van der Waals surface area contributed by atoms with E-state index >= 15 is 0 Å². The third-order valence-electron chi connectivity index (χ3n) is 8.17. The van der Waals surface area contributed by atoms with Crippen molar-refractivity contribution in [3.8, 4) is 11.5 Å². The number of carbonyl (C=O) groups excluding carboxylic acids is 2. The minimum atomic E-state index is -0.324. The Hall–Kier alpha value is -2.24. The van der Waals surface area contributed by atoms with Gasteiger partial charge in [-0.1, -0.05) is 0 Å². The molecule has 1 amide bonds. The van der Waals surface area contributed by atoms with E-state index in [4.69, 9.17) is 14.2 Å². The Labute approximate surface area is 184 Å². The molecule has 6 rings (SSSR count). The highest BCUT2D eigenvalue weighted by Gasteiger charge is 2.55. The van der Waals surface area contributed by atoms with Crippen molar-refractivity contribution in [2.45, 2.75) is 57.4 Å². The van der Waals surface area contributed by atoms with E-state index in [1.807, 2.05) is 23.1 Å². The van der Waals surface area contributed by atoms with Crippen LogP contribution in [0.4, 0.5) is 0 Å². The molecule has 5 fully saturated rings. The van der Waals surface area contributed by atoms with Crippen LogP contribution in [0.3, 0.4) is 0 Å². The molecule has 1 aromatic rings. The fourth-order valence-corrected chi connectivity index (χ4v) is 7.21. The zero-order valence-corrected chi connectivity index (χ0v) is 18.6. The van der Waals surface area contributed by atoms with Crippen LogP contribution in [0.15, 0.2) is 18.2 Å². The van der Waals surface area contributed by atoms with Gasteiger partial charge in [0.2, 0.25) is 0 Å². The van der Waals surface area contributed by atoms with E-state index in [0.29, 0.717) is 24.3 Å². The van der Waals surface area contributed by atoms with Crippen LogP contribution in [-0.2, 0) is 14.3 Å². The van der Waals surface area contributed by atoms with Crippen LogP contribution in [0.1, 0.15) is 63.0 Å². The van der Waals surface area contributed by atoms with E-state index < -0.39 is 0 Å². The SMILES string of the molecule is COc1ccc(OC)c([C@@H]2CCCN2C(=O)COC(=O)C23CC4CC(CC(C4)C2)C3)c1. The Kier molecular flexibility index (Phi) is 5.35. The molecule has 1 heterocycles. The molecule has 31 heavy (non-hydrogen) atoms. The van der Waals surface area contributed by atoms with Crippen LogP contribution in [0, 0.1) is 23.2 Å². The molecule has 168 valence electrons. The average Bonchev–Trinajstić information content (AvgIpc) is 3.25. The molecule has 4 aliphatic carbocycles. The summed E-state index contributed by atoms with van der Waals surface area (Å²) in [6, 6.07) is 5.59. The van der Waals surface area contributed by atoms with E-state index in [0.717, 1.165) is 49.2 Å². The molecule has 4 saturated carbocycles. The number of amides is 1. The topological polar surface area (TPSA) is 65.1 Å². The molecule has 0 unspecified atom stereocenters. The number of benzene rings is 1. The lowest BCUT2D eigenvalue weighted by molar-refractivity contribution is -0.174. The molecule has 0 N–H and O–H groups in total. The lowest BCUT2D eigenvalue weighted by Crippen LogP contribution is -2.51. The fourth-order valence-electron chi connectivity index (χ4n) is 7.21. The van der Waals surface area contributed by atoms with Gasteiger partial charge in [-0.3, -0.25) is 9.59 Å². The summed E-state index contributed by atoms with van der Waals surface area (Å²) in [6.45, 7) is 0.502. The summed E-state index contributed by atoms with van der Waals surface area (Å²) in [7, 11) is 3.27. The van der Waals surface area contributed by atoms with Gasteiger partial charge in [0.05, 0.1) is 25.7 Å². The fraction of sp³-hybridized carbons (Fsp3) is 0.680. The molecule has 0 spiro atoms. The predicted octanol–water partition coefficient (Wildman–Crippen LogP) is 4.13. The highest BCUT2D eigenvalue weighted by Crippen LogP contribution is 2.60. The molecule has 1 saturated heterocycles. The van der Waals surface area contributed by atoms with Crippen molar-refractivity contribution in [1.82, 2.24) is 4.90 Å². The standard InChI is InChI=1S/C25H33NO5/c1-29-19-5-6-22(30-2)20(11-19)21-4-3-7-26(21)23(27)15-31-24(28)25-12-16-8-17(13-25)10-18(9-16)14-25/h5-6,11,16-18,21H,3-4,7-10,12-15H2,1-2H3/t16?,17?,18?,21-,25?/m0/s1. The van der Waals surface area contributed by atoms with Crippen molar-refractivity contribution in [3.05, 3.63) is 23.8 Å². The molecule has 1 aromatic carbocycles. The molecular weight excluding hydrogens is 394 g/mol. The zero-order valence-electron chi connectivity index (χ0n) is 18.6. The Balaban J connectivity index is 1.26. The van der Waals surface area contributed by atoms with Crippen LogP contribution < -0.4 is 9.47 Å². The van der Waals surface area contributed by atoms with Crippen molar-refractivity contribution in [1.29, 1.82) is 0 Å². The Morgan fingerprint density at radius 3 is 2.32 bits per heavy atom. The van der Waals surface area contributed by atoms with Crippen molar-refractivity contribution >= 4 is 11.9 Å². The van der Waals surface area contributed by atoms with Gasteiger partial charge in [-0.05, 0) is 87.3 Å². The monoisotopic (exact) mass is 427 g/mol. The first kappa shape index (κ1) is 20.7. The van der Waals surface area contributed by atoms with E-state index in [1.54, 1.807) is 14.2 Å². The Morgan fingerprint density at radius 2 is 1.71 bits per heavy atom. The number of hydrogen-bond acceptors (Lipinski definition) is 5. The van der Waals surface area contributed by atoms with Crippen LogP contribution in [0.2, 0.25) is 0 Å². The van der Waals surface area contributed by atoms with Crippen LogP contribution in [-0.4, -0.2) is 44.1 Å². The second-order valence-electron chi connectivity index (χ2n) is 10.1. The highest BCUT2D eigenvalue weighted by atomic mass is 16.5. The average molecular weight is 428 g/mol. The molecule has 1 atom stereocenters. The summed E-state index contributed by atoms with van der Waals surface area (Å²) in [5.74, 6) is 3.27. The Morgan fingerprint density at radius 1 is 1.03 bits per heavy atom. The number of rotatable bonds is 6. The second-order valence-corrected chi connectivity index (χ2v) is 10.1. The number of ether oxygens (including phenoxy) is 3. The second kappa shape index (κ2) is 8.03. The van der Waals surface area contributed by atoms with Gasteiger partial charge in [0.1, 0.15) is 11.5 Å². The molecule has 0 aromatic heterocycles. The summed E-state index contributed by atoms with van der Waals surface area (Å²) >= 11 is 0. The van der Waals surface area contributed by atoms with Crippen molar-refractivity contribution < 1.29 is 23.8 Å². The van der Waals surface area contributed by atoms with Gasteiger partial charge >= 0.3 is 5.97 Å². The van der Waals surface area contributed by atoms with E-state index in [-0.39, 0.29) is 29.9 Å². The van der Waals surface area contributed by atoms with Crippen LogP contribution in [0.25, 0.3) is 0 Å². The van der Waals surface area contributed by atoms with E-state index in [1.165, 1.54) is 19.3 Å². The predicted molar refractivity (Wildman–Crippen MR) is 115 cm³/mol. The number of carbonyl (C=O) groups is 2. The molecule has 6 heteroatoms. The third-order valence-corrected chi connectivity index (χ3v) is 8.17. The maximum absolute atomic E-state index is 13.1. The summed E-state index contributed by atoms with van der Waals surface area (Å²) in [5.41, 5.74) is 0.621. The van der Waals surface area contributed by atoms with Gasteiger partial charge in [-0.15, -0.1) is 0 Å². The first-order valence-electron chi connectivity index (χ1n) is 11.7. The zero-order chi connectivity index (χ0) is 21.6. The van der Waals surface area contributed by atoms with Crippen LogP contribution >= 0.6 is 0 Å².